The zero-order chi connectivity index (χ0) is 22.6. The largest absolute Gasteiger partial charge is 0.482 e. The Balaban J connectivity index is 1.55. The minimum atomic E-state index is -3.14. The minimum Gasteiger partial charge on any atom is -0.482 e. The summed E-state index contributed by atoms with van der Waals surface area (Å²) in [6.07, 6.45) is -0.356. The van der Waals surface area contributed by atoms with Crippen molar-refractivity contribution in [2.45, 2.75) is 12.5 Å². The number of nitrogens with zero attached hydrogens (tertiary/aromatic N) is 2. The fourth-order valence-corrected chi connectivity index (χ4v) is 4.64. The van der Waals surface area contributed by atoms with Gasteiger partial charge in [0.05, 0.1) is 16.4 Å². The van der Waals surface area contributed by atoms with Crippen molar-refractivity contribution >= 4 is 33.1 Å². The highest BCUT2D eigenvalue weighted by Crippen LogP contribution is 2.22. The first-order valence-electron chi connectivity index (χ1n) is 9.30. The number of hydrogen-bond donors (Lipinski definition) is 0. The molecule has 31 heavy (non-hydrogen) atoms. The molecule has 1 aliphatic rings. The van der Waals surface area contributed by atoms with E-state index in [0.29, 0.717) is 11.4 Å². The number of hydrogen-bond acceptors (Lipinski definition) is 8. The maximum Gasteiger partial charge on any atom is 0.344 e. The van der Waals surface area contributed by atoms with Gasteiger partial charge < -0.3 is 14.4 Å². The number of sulfone groups is 1. The molecule has 11 heteroatoms. The average molecular weight is 448 g/mol. The molecule has 1 unspecified atom stereocenters. The lowest BCUT2D eigenvalue weighted by Gasteiger charge is -2.18. The zero-order valence-corrected chi connectivity index (χ0v) is 17.4. The van der Waals surface area contributed by atoms with Crippen LogP contribution in [0.4, 0.5) is 11.4 Å². The van der Waals surface area contributed by atoms with E-state index in [2.05, 4.69) is 0 Å². The van der Waals surface area contributed by atoms with Crippen molar-refractivity contribution in [3.63, 3.8) is 0 Å². The van der Waals surface area contributed by atoms with Gasteiger partial charge in [0.2, 0.25) is 0 Å². The molecule has 0 spiro atoms. The van der Waals surface area contributed by atoms with E-state index < -0.39 is 32.7 Å². The maximum atomic E-state index is 12.6. The number of anilines is 1. The van der Waals surface area contributed by atoms with Crippen molar-refractivity contribution in [1.82, 2.24) is 0 Å². The summed E-state index contributed by atoms with van der Waals surface area (Å²) < 4.78 is 33.2. The van der Waals surface area contributed by atoms with E-state index in [9.17, 15) is 28.1 Å². The Hall–Kier alpha value is -3.47. The molecule has 1 amide bonds. The Labute approximate surface area is 178 Å². The molecular formula is C20H20N2O8S. The Kier molecular flexibility index (Phi) is 6.54. The number of nitro groups is 1. The van der Waals surface area contributed by atoms with Crippen LogP contribution in [0.3, 0.4) is 0 Å². The molecule has 0 saturated carbocycles. The van der Waals surface area contributed by atoms with Gasteiger partial charge in [0, 0.05) is 30.4 Å². The molecule has 1 aliphatic heterocycles. The number of nitro benzene ring substituents is 1. The first-order chi connectivity index (χ1) is 14.6. The summed E-state index contributed by atoms with van der Waals surface area (Å²) in [5, 5.41) is 10.9. The number of carbonyl (C=O) groups excluding carboxylic acids is 2. The van der Waals surface area contributed by atoms with E-state index in [4.69, 9.17) is 9.47 Å². The van der Waals surface area contributed by atoms with Gasteiger partial charge in [-0.05, 0) is 36.8 Å². The second-order valence-corrected chi connectivity index (χ2v) is 9.20. The summed E-state index contributed by atoms with van der Waals surface area (Å²) in [6, 6.07) is 11.7. The lowest BCUT2D eigenvalue weighted by Crippen LogP contribution is -2.26. The van der Waals surface area contributed by atoms with Gasteiger partial charge >= 0.3 is 5.97 Å². The van der Waals surface area contributed by atoms with Gasteiger partial charge in [0.1, 0.15) is 11.9 Å². The molecule has 0 aliphatic carbocycles. The summed E-state index contributed by atoms with van der Waals surface area (Å²) in [5.74, 6) is -0.888. The molecular weight excluding hydrogens is 428 g/mol. The smallest absolute Gasteiger partial charge is 0.344 e. The van der Waals surface area contributed by atoms with Gasteiger partial charge in [-0.1, -0.05) is 6.07 Å². The van der Waals surface area contributed by atoms with Crippen molar-refractivity contribution in [2.24, 2.45) is 0 Å². The number of carbonyl (C=O) groups is 2. The second kappa shape index (κ2) is 9.13. The monoisotopic (exact) mass is 448 g/mol. The van der Waals surface area contributed by atoms with Crippen molar-refractivity contribution in [3.05, 3.63) is 64.2 Å². The Bertz CT molecular complexity index is 1100. The van der Waals surface area contributed by atoms with E-state index in [-0.39, 0.29) is 35.8 Å². The van der Waals surface area contributed by atoms with Crippen LogP contribution in [0.5, 0.6) is 5.75 Å². The van der Waals surface area contributed by atoms with Gasteiger partial charge in [0.15, 0.2) is 16.4 Å². The summed E-state index contributed by atoms with van der Waals surface area (Å²) in [6.45, 7) is -0.377. The molecule has 2 aromatic carbocycles. The molecule has 3 rings (SSSR count). The van der Waals surface area contributed by atoms with E-state index in [1.54, 1.807) is 24.3 Å². The molecule has 0 bridgehead atoms. The molecule has 1 heterocycles. The molecule has 0 aromatic heterocycles. The highest BCUT2D eigenvalue weighted by atomic mass is 32.2. The summed E-state index contributed by atoms with van der Waals surface area (Å²) in [4.78, 5) is 36.1. The van der Waals surface area contributed by atoms with Crippen LogP contribution in [-0.2, 0) is 19.4 Å². The van der Waals surface area contributed by atoms with E-state index in [1.165, 1.54) is 36.2 Å². The van der Waals surface area contributed by atoms with Gasteiger partial charge in [-0.2, -0.15) is 0 Å². The number of rotatable bonds is 7. The topological polar surface area (TPSA) is 133 Å². The second-order valence-electron chi connectivity index (χ2n) is 6.97. The third kappa shape index (κ3) is 5.79. The molecule has 164 valence electrons. The van der Waals surface area contributed by atoms with E-state index in [1.807, 2.05) is 0 Å². The summed E-state index contributed by atoms with van der Waals surface area (Å²) >= 11 is 0. The van der Waals surface area contributed by atoms with Gasteiger partial charge in [0.25, 0.3) is 11.6 Å². The molecule has 10 nitrogen and oxygen atoms in total. The number of amides is 1. The fourth-order valence-electron chi connectivity index (χ4n) is 3.05. The highest BCUT2D eigenvalue weighted by Gasteiger charge is 2.30. The van der Waals surface area contributed by atoms with Gasteiger partial charge in [-0.25, -0.2) is 13.2 Å². The predicted molar refractivity (Wildman–Crippen MR) is 111 cm³/mol. The maximum absolute atomic E-state index is 12.6. The van der Waals surface area contributed by atoms with Crippen molar-refractivity contribution in [2.75, 3.05) is 30.1 Å². The van der Waals surface area contributed by atoms with Crippen LogP contribution >= 0.6 is 0 Å². The molecule has 0 radical (unpaired) electrons. The molecule has 1 fully saturated rings. The number of ether oxygens (including phenoxy) is 2. The fraction of sp³-hybridized carbons (Fsp3) is 0.300. The zero-order valence-electron chi connectivity index (χ0n) is 16.6. The van der Waals surface area contributed by atoms with Crippen LogP contribution in [0.2, 0.25) is 0 Å². The van der Waals surface area contributed by atoms with Crippen LogP contribution in [0.15, 0.2) is 48.5 Å². The Morgan fingerprint density at radius 3 is 2.52 bits per heavy atom. The highest BCUT2D eigenvalue weighted by molar-refractivity contribution is 7.91. The Morgan fingerprint density at radius 2 is 1.90 bits per heavy atom. The quantitative estimate of drug-likeness (QED) is 0.357. The predicted octanol–water partition coefficient (Wildman–Crippen LogP) is 1.98. The Morgan fingerprint density at radius 1 is 1.19 bits per heavy atom. The van der Waals surface area contributed by atoms with Crippen molar-refractivity contribution < 1.29 is 32.4 Å². The third-order valence-electron chi connectivity index (χ3n) is 4.68. The molecule has 0 N–H and O–H groups in total. The minimum absolute atomic E-state index is 0.00975. The van der Waals surface area contributed by atoms with Crippen LogP contribution in [0.1, 0.15) is 16.8 Å². The van der Waals surface area contributed by atoms with Gasteiger partial charge in [-0.15, -0.1) is 0 Å². The first-order valence-corrected chi connectivity index (χ1v) is 11.1. The SMILES string of the molecule is CN(C(=O)c1cccc([N+](=O)[O-])c1)c1ccc(OCC(=O)OC2CCS(=O)(=O)C2)cc1. The van der Waals surface area contributed by atoms with E-state index >= 15 is 0 Å². The number of esters is 1. The summed E-state index contributed by atoms with van der Waals surface area (Å²) in [5.41, 5.74) is 0.515. The van der Waals surface area contributed by atoms with Crippen LogP contribution in [0.25, 0.3) is 0 Å². The standard InChI is InChI=1S/C20H20N2O8S/c1-21(20(24)14-3-2-4-16(11-14)22(25)26)15-5-7-17(8-6-15)29-12-19(23)30-18-9-10-31(27,28)13-18/h2-8,11,18H,9-10,12-13H2,1H3. The van der Waals surface area contributed by atoms with Crippen molar-refractivity contribution in [3.8, 4) is 5.75 Å². The van der Waals surface area contributed by atoms with Crippen molar-refractivity contribution in [1.29, 1.82) is 0 Å². The summed E-state index contributed by atoms with van der Waals surface area (Å²) in [7, 11) is -1.61. The molecule has 2 aromatic rings. The van der Waals surface area contributed by atoms with Gasteiger partial charge in [-0.3, -0.25) is 14.9 Å². The number of non-ortho nitro benzene ring substituents is 1. The van der Waals surface area contributed by atoms with Crippen LogP contribution < -0.4 is 9.64 Å². The normalized spacial score (nSPS) is 17.0. The third-order valence-corrected chi connectivity index (χ3v) is 6.42. The first kappa shape index (κ1) is 22.2. The lowest BCUT2D eigenvalue weighted by atomic mass is 10.1. The average Bonchev–Trinajstić information content (AvgIpc) is 3.09. The lowest BCUT2D eigenvalue weighted by molar-refractivity contribution is -0.384. The molecule has 1 saturated heterocycles. The van der Waals surface area contributed by atoms with Crippen LogP contribution in [0, 0.1) is 10.1 Å². The van der Waals surface area contributed by atoms with E-state index in [0.717, 1.165) is 0 Å². The number of benzene rings is 2. The van der Waals surface area contributed by atoms with Crippen LogP contribution in [-0.4, -0.2) is 56.5 Å². The molecule has 1 atom stereocenters.